The van der Waals surface area contributed by atoms with E-state index in [9.17, 15) is 5.11 Å². The third kappa shape index (κ3) is 5.53. The molecule has 0 aliphatic carbocycles. The van der Waals surface area contributed by atoms with Crippen molar-refractivity contribution in [3.63, 3.8) is 0 Å². The van der Waals surface area contributed by atoms with E-state index in [1.807, 2.05) is 0 Å². The fourth-order valence-corrected chi connectivity index (χ4v) is 2.47. The third-order valence-corrected chi connectivity index (χ3v) is 3.26. The minimum absolute atomic E-state index is 0.158. The van der Waals surface area contributed by atoms with E-state index in [-0.39, 0.29) is 6.10 Å². The first kappa shape index (κ1) is 13.0. The van der Waals surface area contributed by atoms with Gasteiger partial charge in [-0.2, -0.15) is 0 Å². The summed E-state index contributed by atoms with van der Waals surface area (Å²) in [4.78, 5) is 0. The highest BCUT2D eigenvalue weighted by Gasteiger charge is 2.19. The SMILES string of the molecule is CCCC(C)CC(O)CC1CCCCO1. The minimum atomic E-state index is -0.158. The molecule has 15 heavy (non-hydrogen) atoms. The minimum Gasteiger partial charge on any atom is -0.393 e. The monoisotopic (exact) mass is 214 g/mol. The fraction of sp³-hybridized carbons (Fsp3) is 1.00. The highest BCUT2D eigenvalue weighted by Crippen LogP contribution is 2.21. The number of aliphatic hydroxyl groups excluding tert-OH is 1. The first-order valence-electron chi connectivity index (χ1n) is 6.52. The number of aliphatic hydroxyl groups is 1. The molecule has 1 heterocycles. The van der Waals surface area contributed by atoms with Crippen molar-refractivity contribution in [2.45, 2.75) is 71.0 Å². The van der Waals surface area contributed by atoms with Crippen LogP contribution in [0.2, 0.25) is 0 Å². The molecular weight excluding hydrogens is 188 g/mol. The molecule has 0 aromatic carbocycles. The maximum atomic E-state index is 9.92. The lowest BCUT2D eigenvalue weighted by molar-refractivity contribution is -0.0190. The molecule has 0 spiro atoms. The number of ether oxygens (including phenoxy) is 1. The molecule has 1 saturated heterocycles. The Bertz CT molecular complexity index is 153. The first-order chi connectivity index (χ1) is 7.22. The van der Waals surface area contributed by atoms with Crippen molar-refractivity contribution in [1.29, 1.82) is 0 Å². The lowest BCUT2D eigenvalue weighted by atomic mass is 9.94. The van der Waals surface area contributed by atoms with Gasteiger partial charge in [0, 0.05) is 6.61 Å². The van der Waals surface area contributed by atoms with Gasteiger partial charge < -0.3 is 9.84 Å². The standard InChI is InChI=1S/C13H26O2/c1-3-6-11(2)9-12(14)10-13-7-4-5-8-15-13/h11-14H,3-10H2,1-2H3. The normalized spacial score (nSPS) is 26.2. The summed E-state index contributed by atoms with van der Waals surface area (Å²) in [5, 5.41) is 9.92. The van der Waals surface area contributed by atoms with Crippen molar-refractivity contribution < 1.29 is 9.84 Å². The summed E-state index contributed by atoms with van der Waals surface area (Å²) in [7, 11) is 0. The predicted molar refractivity (Wildman–Crippen MR) is 62.9 cm³/mol. The van der Waals surface area contributed by atoms with E-state index in [0.29, 0.717) is 12.0 Å². The Kier molecular flexibility index (Phi) is 6.26. The Morgan fingerprint density at radius 1 is 1.40 bits per heavy atom. The third-order valence-electron chi connectivity index (χ3n) is 3.26. The van der Waals surface area contributed by atoms with Crippen LogP contribution in [0.5, 0.6) is 0 Å². The second-order valence-electron chi connectivity index (χ2n) is 5.01. The maximum absolute atomic E-state index is 9.92. The number of hydrogen-bond acceptors (Lipinski definition) is 2. The Morgan fingerprint density at radius 2 is 2.20 bits per heavy atom. The topological polar surface area (TPSA) is 29.5 Å². The molecule has 1 rings (SSSR count). The number of hydrogen-bond donors (Lipinski definition) is 1. The molecule has 1 aliphatic rings. The van der Waals surface area contributed by atoms with Crippen LogP contribution in [0.25, 0.3) is 0 Å². The smallest absolute Gasteiger partial charge is 0.0599 e. The van der Waals surface area contributed by atoms with Crippen LogP contribution in [0, 0.1) is 5.92 Å². The average molecular weight is 214 g/mol. The quantitative estimate of drug-likeness (QED) is 0.736. The summed E-state index contributed by atoms with van der Waals surface area (Å²) in [6.45, 7) is 5.32. The van der Waals surface area contributed by atoms with Crippen LogP contribution in [0.3, 0.4) is 0 Å². The average Bonchev–Trinajstić information content (AvgIpc) is 2.19. The molecule has 0 amide bonds. The Morgan fingerprint density at radius 3 is 2.80 bits per heavy atom. The molecule has 0 aromatic heterocycles. The van der Waals surface area contributed by atoms with Crippen molar-refractivity contribution in [1.82, 2.24) is 0 Å². The number of rotatable bonds is 6. The van der Waals surface area contributed by atoms with Gasteiger partial charge >= 0.3 is 0 Å². The highest BCUT2D eigenvalue weighted by atomic mass is 16.5. The largest absolute Gasteiger partial charge is 0.393 e. The molecule has 1 fully saturated rings. The summed E-state index contributed by atoms with van der Waals surface area (Å²) >= 11 is 0. The summed E-state index contributed by atoms with van der Waals surface area (Å²) in [5.41, 5.74) is 0. The van der Waals surface area contributed by atoms with Gasteiger partial charge in [-0.25, -0.2) is 0 Å². The van der Waals surface area contributed by atoms with Crippen LogP contribution in [-0.2, 0) is 4.74 Å². The summed E-state index contributed by atoms with van der Waals surface area (Å²) in [6, 6.07) is 0. The molecule has 0 saturated carbocycles. The van der Waals surface area contributed by atoms with Gasteiger partial charge in [-0.05, 0) is 38.0 Å². The molecule has 90 valence electrons. The van der Waals surface area contributed by atoms with Crippen molar-refractivity contribution in [2.75, 3.05) is 6.61 Å². The molecule has 0 radical (unpaired) electrons. The van der Waals surface area contributed by atoms with E-state index in [4.69, 9.17) is 4.74 Å². The van der Waals surface area contributed by atoms with E-state index in [0.717, 1.165) is 25.9 Å². The van der Waals surface area contributed by atoms with Crippen molar-refractivity contribution in [3.05, 3.63) is 0 Å². The van der Waals surface area contributed by atoms with Crippen LogP contribution in [-0.4, -0.2) is 23.9 Å². The molecule has 0 aromatic rings. The Balaban J connectivity index is 2.13. The molecule has 1 N–H and O–H groups in total. The zero-order chi connectivity index (χ0) is 11.1. The summed E-state index contributed by atoms with van der Waals surface area (Å²) in [6.07, 6.45) is 7.98. The van der Waals surface area contributed by atoms with Crippen LogP contribution in [0.4, 0.5) is 0 Å². The Hall–Kier alpha value is -0.0800. The van der Waals surface area contributed by atoms with Gasteiger partial charge in [-0.15, -0.1) is 0 Å². The predicted octanol–water partition coefficient (Wildman–Crippen LogP) is 3.13. The first-order valence-corrected chi connectivity index (χ1v) is 6.52. The summed E-state index contributed by atoms with van der Waals surface area (Å²) in [5.74, 6) is 0.647. The zero-order valence-corrected chi connectivity index (χ0v) is 10.2. The van der Waals surface area contributed by atoms with Crippen LogP contribution >= 0.6 is 0 Å². The fourth-order valence-electron chi connectivity index (χ4n) is 2.47. The van der Waals surface area contributed by atoms with Gasteiger partial charge in [0.15, 0.2) is 0 Å². The Labute approximate surface area is 94.0 Å². The maximum Gasteiger partial charge on any atom is 0.0599 e. The van der Waals surface area contributed by atoms with Crippen molar-refractivity contribution >= 4 is 0 Å². The van der Waals surface area contributed by atoms with Crippen molar-refractivity contribution in [2.24, 2.45) is 5.92 Å². The molecule has 3 atom stereocenters. The second-order valence-corrected chi connectivity index (χ2v) is 5.01. The van der Waals surface area contributed by atoms with Gasteiger partial charge in [0.2, 0.25) is 0 Å². The van der Waals surface area contributed by atoms with Gasteiger partial charge in [-0.1, -0.05) is 26.7 Å². The molecule has 2 heteroatoms. The molecule has 0 bridgehead atoms. The summed E-state index contributed by atoms with van der Waals surface area (Å²) < 4.78 is 5.63. The van der Waals surface area contributed by atoms with E-state index in [2.05, 4.69) is 13.8 Å². The molecule has 1 aliphatic heterocycles. The lowest BCUT2D eigenvalue weighted by Gasteiger charge is -2.25. The van der Waals surface area contributed by atoms with Crippen molar-refractivity contribution in [3.8, 4) is 0 Å². The van der Waals surface area contributed by atoms with Crippen LogP contribution < -0.4 is 0 Å². The van der Waals surface area contributed by atoms with Gasteiger partial charge in [-0.3, -0.25) is 0 Å². The lowest BCUT2D eigenvalue weighted by Crippen LogP contribution is -2.25. The van der Waals surface area contributed by atoms with Gasteiger partial charge in [0.05, 0.1) is 12.2 Å². The van der Waals surface area contributed by atoms with Crippen LogP contribution in [0.1, 0.15) is 58.8 Å². The molecule has 2 nitrogen and oxygen atoms in total. The zero-order valence-electron chi connectivity index (χ0n) is 10.2. The van der Waals surface area contributed by atoms with Gasteiger partial charge in [0.1, 0.15) is 0 Å². The van der Waals surface area contributed by atoms with E-state index in [1.165, 1.54) is 25.7 Å². The molecule has 3 unspecified atom stereocenters. The van der Waals surface area contributed by atoms with Gasteiger partial charge in [0.25, 0.3) is 0 Å². The molecular formula is C13H26O2. The van der Waals surface area contributed by atoms with Crippen LogP contribution in [0.15, 0.2) is 0 Å². The highest BCUT2D eigenvalue weighted by molar-refractivity contribution is 4.70. The second kappa shape index (κ2) is 7.24. The van der Waals surface area contributed by atoms with E-state index in [1.54, 1.807) is 0 Å². The van der Waals surface area contributed by atoms with E-state index >= 15 is 0 Å². The van der Waals surface area contributed by atoms with E-state index < -0.39 is 0 Å².